The summed E-state index contributed by atoms with van der Waals surface area (Å²) in [6, 6.07) is 4.44. The van der Waals surface area contributed by atoms with Crippen molar-refractivity contribution in [2.45, 2.75) is 31.3 Å². The number of benzene rings is 1. The molecule has 124 valence electrons. The van der Waals surface area contributed by atoms with Crippen LogP contribution in [0.15, 0.2) is 23.1 Å². The molecule has 0 bridgehead atoms. The number of alkyl carbamates (subject to hydrolysis) is 1. The van der Waals surface area contributed by atoms with E-state index in [1.165, 1.54) is 12.1 Å². The van der Waals surface area contributed by atoms with E-state index in [1.807, 2.05) is 0 Å². The van der Waals surface area contributed by atoms with Crippen molar-refractivity contribution in [2.75, 3.05) is 18.8 Å². The van der Waals surface area contributed by atoms with Crippen LogP contribution in [0.1, 0.15) is 20.8 Å². The molecule has 1 rings (SSSR count). The molecule has 0 radical (unpaired) electrons. The van der Waals surface area contributed by atoms with E-state index in [0.717, 1.165) is 0 Å². The average molecular weight is 350 g/mol. The van der Waals surface area contributed by atoms with Crippen molar-refractivity contribution in [3.63, 3.8) is 0 Å². The van der Waals surface area contributed by atoms with Gasteiger partial charge in [-0.05, 0) is 32.9 Å². The Morgan fingerprint density at radius 3 is 2.50 bits per heavy atom. The third kappa shape index (κ3) is 5.70. The van der Waals surface area contributed by atoms with Gasteiger partial charge >= 0.3 is 6.09 Å². The molecule has 1 aromatic carbocycles. The van der Waals surface area contributed by atoms with Crippen molar-refractivity contribution in [1.29, 1.82) is 0 Å². The van der Waals surface area contributed by atoms with E-state index in [2.05, 4.69) is 10.0 Å². The molecule has 0 aromatic heterocycles. The summed E-state index contributed by atoms with van der Waals surface area (Å²) >= 11 is 5.86. The SMILES string of the molecule is CC(C)(C)OC(=O)NCCNS(=O)(=O)c1c(N)cccc1Cl. The van der Waals surface area contributed by atoms with Gasteiger partial charge in [-0.25, -0.2) is 17.9 Å². The first-order valence-electron chi connectivity index (χ1n) is 6.53. The molecule has 0 saturated carbocycles. The van der Waals surface area contributed by atoms with Crippen molar-refractivity contribution >= 4 is 33.4 Å². The van der Waals surface area contributed by atoms with E-state index >= 15 is 0 Å². The van der Waals surface area contributed by atoms with Crippen LogP contribution in [0.4, 0.5) is 10.5 Å². The second kappa shape index (κ2) is 7.17. The molecule has 0 fully saturated rings. The molecule has 7 nitrogen and oxygen atoms in total. The number of hydrogen-bond donors (Lipinski definition) is 3. The minimum atomic E-state index is -3.85. The van der Waals surface area contributed by atoms with Crippen LogP contribution >= 0.6 is 11.6 Å². The third-order valence-electron chi connectivity index (χ3n) is 2.35. The van der Waals surface area contributed by atoms with Gasteiger partial charge in [0.25, 0.3) is 0 Å². The summed E-state index contributed by atoms with van der Waals surface area (Å²) in [7, 11) is -3.85. The lowest BCUT2D eigenvalue weighted by atomic mass is 10.2. The van der Waals surface area contributed by atoms with E-state index in [4.69, 9.17) is 22.1 Å². The van der Waals surface area contributed by atoms with Crippen LogP contribution in [0.5, 0.6) is 0 Å². The maximum atomic E-state index is 12.1. The molecule has 0 heterocycles. The molecule has 0 atom stereocenters. The molecule has 9 heteroatoms. The van der Waals surface area contributed by atoms with E-state index in [0.29, 0.717) is 0 Å². The predicted molar refractivity (Wildman–Crippen MR) is 85.3 cm³/mol. The van der Waals surface area contributed by atoms with Crippen molar-refractivity contribution < 1.29 is 17.9 Å². The Morgan fingerprint density at radius 2 is 1.95 bits per heavy atom. The number of sulfonamides is 1. The highest BCUT2D eigenvalue weighted by Gasteiger charge is 2.21. The maximum absolute atomic E-state index is 12.1. The van der Waals surface area contributed by atoms with Gasteiger partial charge in [-0.2, -0.15) is 0 Å². The molecule has 0 aliphatic rings. The lowest BCUT2D eigenvalue weighted by Gasteiger charge is -2.19. The van der Waals surface area contributed by atoms with Crippen molar-refractivity contribution in [3.8, 4) is 0 Å². The molecular weight excluding hydrogens is 330 g/mol. The molecule has 0 aliphatic heterocycles. The van der Waals surface area contributed by atoms with Crippen LogP contribution in [-0.2, 0) is 14.8 Å². The normalized spacial score (nSPS) is 12.0. The first kappa shape index (κ1) is 18.5. The monoisotopic (exact) mass is 349 g/mol. The first-order valence-corrected chi connectivity index (χ1v) is 8.39. The number of nitrogen functional groups attached to an aromatic ring is 1. The van der Waals surface area contributed by atoms with Crippen molar-refractivity contribution in [1.82, 2.24) is 10.0 Å². The second-order valence-corrected chi connectivity index (χ2v) is 7.60. The maximum Gasteiger partial charge on any atom is 0.407 e. The van der Waals surface area contributed by atoms with E-state index in [-0.39, 0.29) is 28.7 Å². The van der Waals surface area contributed by atoms with Crippen molar-refractivity contribution in [3.05, 3.63) is 23.2 Å². The molecule has 1 aromatic rings. The number of hydrogen-bond acceptors (Lipinski definition) is 5. The van der Waals surface area contributed by atoms with Gasteiger partial charge in [0, 0.05) is 13.1 Å². The second-order valence-electron chi connectivity index (χ2n) is 5.48. The fourth-order valence-corrected chi connectivity index (χ4v) is 3.25. The molecule has 0 spiro atoms. The highest BCUT2D eigenvalue weighted by Crippen LogP contribution is 2.26. The number of carbonyl (C=O) groups excluding carboxylic acids is 1. The first-order chi connectivity index (χ1) is 10.0. The summed E-state index contributed by atoms with van der Waals surface area (Å²) in [6.45, 7) is 5.24. The van der Waals surface area contributed by atoms with Crippen LogP contribution in [-0.4, -0.2) is 33.2 Å². The highest BCUT2D eigenvalue weighted by molar-refractivity contribution is 7.89. The van der Waals surface area contributed by atoms with Crippen LogP contribution < -0.4 is 15.8 Å². The standard InChI is InChI=1S/C13H20ClN3O4S/c1-13(2,3)21-12(18)16-7-8-17-22(19,20)11-9(14)5-4-6-10(11)15/h4-6,17H,7-8,15H2,1-3H3,(H,16,18). The number of anilines is 1. The molecule has 4 N–H and O–H groups in total. The Hall–Kier alpha value is -1.51. The van der Waals surface area contributed by atoms with Crippen LogP contribution in [0.3, 0.4) is 0 Å². The van der Waals surface area contributed by atoms with E-state index in [9.17, 15) is 13.2 Å². The minimum absolute atomic E-state index is 0.0216. The van der Waals surface area contributed by atoms with Crippen LogP contribution in [0.2, 0.25) is 5.02 Å². The number of nitrogens with two attached hydrogens (primary N) is 1. The summed E-state index contributed by atoms with van der Waals surface area (Å²) in [5.74, 6) is 0. The number of halogens is 1. The summed E-state index contributed by atoms with van der Waals surface area (Å²) in [5, 5.41) is 2.47. The van der Waals surface area contributed by atoms with E-state index in [1.54, 1.807) is 26.8 Å². The molecule has 1 amide bonds. The molecular formula is C13H20ClN3O4S. The number of amides is 1. The Kier molecular flexibility index (Phi) is 6.04. The lowest BCUT2D eigenvalue weighted by Crippen LogP contribution is -2.38. The van der Waals surface area contributed by atoms with E-state index < -0.39 is 21.7 Å². The van der Waals surface area contributed by atoms with Gasteiger partial charge in [0.1, 0.15) is 10.5 Å². The molecule has 0 aliphatic carbocycles. The number of rotatable bonds is 5. The highest BCUT2D eigenvalue weighted by atomic mass is 35.5. The van der Waals surface area contributed by atoms with Crippen LogP contribution in [0, 0.1) is 0 Å². The summed E-state index contributed by atoms with van der Waals surface area (Å²) < 4.78 is 31.6. The zero-order valence-corrected chi connectivity index (χ0v) is 14.2. The van der Waals surface area contributed by atoms with Crippen molar-refractivity contribution in [2.24, 2.45) is 0 Å². The molecule has 0 unspecified atom stereocenters. The molecule has 0 saturated heterocycles. The van der Waals surface area contributed by atoms with Gasteiger partial charge in [-0.1, -0.05) is 17.7 Å². The Labute approximate surface area is 135 Å². The van der Waals surface area contributed by atoms with Gasteiger partial charge < -0.3 is 15.8 Å². The Bertz CT molecular complexity index is 621. The zero-order valence-electron chi connectivity index (χ0n) is 12.6. The molecule has 22 heavy (non-hydrogen) atoms. The Balaban J connectivity index is 2.56. The van der Waals surface area contributed by atoms with Gasteiger partial charge in [-0.15, -0.1) is 0 Å². The summed E-state index contributed by atoms with van der Waals surface area (Å²) in [6.07, 6.45) is -0.621. The van der Waals surface area contributed by atoms with Gasteiger partial charge in [0.15, 0.2) is 0 Å². The quantitative estimate of drug-likeness (QED) is 0.553. The number of nitrogens with one attached hydrogen (secondary N) is 2. The summed E-state index contributed by atoms with van der Waals surface area (Å²) in [4.78, 5) is 11.2. The lowest BCUT2D eigenvalue weighted by molar-refractivity contribution is 0.0529. The summed E-state index contributed by atoms with van der Waals surface area (Å²) in [5.41, 5.74) is 5.08. The largest absolute Gasteiger partial charge is 0.444 e. The fraction of sp³-hybridized carbons (Fsp3) is 0.462. The smallest absolute Gasteiger partial charge is 0.407 e. The topological polar surface area (TPSA) is 111 Å². The fourth-order valence-electron chi connectivity index (χ4n) is 1.55. The minimum Gasteiger partial charge on any atom is -0.444 e. The Morgan fingerprint density at radius 1 is 1.32 bits per heavy atom. The number of carbonyl (C=O) groups is 1. The van der Waals surface area contributed by atoms with Gasteiger partial charge in [0.05, 0.1) is 10.7 Å². The number of ether oxygens (including phenoxy) is 1. The zero-order chi connectivity index (χ0) is 17.0. The third-order valence-corrected chi connectivity index (χ3v) is 4.36. The average Bonchev–Trinajstić information content (AvgIpc) is 2.32. The van der Waals surface area contributed by atoms with Gasteiger partial charge in [0.2, 0.25) is 10.0 Å². The van der Waals surface area contributed by atoms with Crippen LogP contribution in [0.25, 0.3) is 0 Å². The predicted octanol–water partition coefficient (Wildman–Crippen LogP) is 1.73. The van der Waals surface area contributed by atoms with Gasteiger partial charge in [-0.3, -0.25) is 0 Å².